The molecular formula is C8H5NO3S. The Morgan fingerprint density at radius 3 is 2.85 bits per heavy atom. The fourth-order valence-electron chi connectivity index (χ4n) is 0.831. The number of carboxylic acids is 1. The Kier molecular flexibility index (Phi) is 2.77. The van der Waals surface area contributed by atoms with E-state index < -0.39 is 18.2 Å². The van der Waals surface area contributed by atoms with Crippen LogP contribution in [0.5, 0.6) is 0 Å². The molecule has 0 bridgehead atoms. The van der Waals surface area contributed by atoms with Gasteiger partial charge in [-0.2, -0.15) is 5.26 Å². The Hall–Kier alpha value is -1.67. The van der Waals surface area contributed by atoms with Crippen LogP contribution in [-0.4, -0.2) is 16.9 Å². The van der Waals surface area contributed by atoms with E-state index in [-0.39, 0.29) is 10.4 Å². The number of carbonyl (C=O) groups is 2. The summed E-state index contributed by atoms with van der Waals surface area (Å²) in [6.07, 6.45) is -0.560. The third-order valence-corrected chi connectivity index (χ3v) is 2.31. The van der Waals surface area contributed by atoms with E-state index in [0.29, 0.717) is 0 Å². The van der Waals surface area contributed by atoms with Crippen molar-refractivity contribution in [2.75, 3.05) is 0 Å². The predicted molar refractivity (Wildman–Crippen MR) is 45.6 cm³/mol. The van der Waals surface area contributed by atoms with E-state index in [0.717, 1.165) is 11.3 Å². The second-order valence-corrected chi connectivity index (χ2v) is 3.19. The SMILES string of the molecule is N#Cc1ccsc1C(=O)CC(=O)O. The highest BCUT2D eigenvalue weighted by molar-refractivity contribution is 7.12. The summed E-state index contributed by atoms with van der Waals surface area (Å²) in [5.41, 5.74) is 0.247. The summed E-state index contributed by atoms with van der Waals surface area (Å²) in [4.78, 5) is 21.6. The Morgan fingerprint density at radius 2 is 2.31 bits per heavy atom. The number of aliphatic carboxylic acids is 1. The number of Topliss-reactive ketones (excluding diaryl/α,β-unsaturated/α-hetero) is 1. The lowest BCUT2D eigenvalue weighted by atomic mass is 10.2. The molecule has 1 N–H and O–H groups in total. The molecule has 0 aromatic carbocycles. The molecule has 0 saturated carbocycles. The maximum absolute atomic E-state index is 11.2. The summed E-state index contributed by atoms with van der Waals surface area (Å²) in [6, 6.07) is 3.33. The van der Waals surface area contributed by atoms with Crippen LogP contribution in [0, 0.1) is 11.3 Å². The molecule has 0 aliphatic carbocycles. The Balaban J connectivity index is 2.90. The van der Waals surface area contributed by atoms with E-state index in [1.165, 1.54) is 6.07 Å². The minimum Gasteiger partial charge on any atom is -0.481 e. The Labute approximate surface area is 78.0 Å². The van der Waals surface area contributed by atoms with Gasteiger partial charge in [-0.1, -0.05) is 0 Å². The van der Waals surface area contributed by atoms with Crippen molar-refractivity contribution in [3.05, 3.63) is 21.9 Å². The molecule has 0 aliphatic rings. The van der Waals surface area contributed by atoms with Crippen LogP contribution in [0.25, 0.3) is 0 Å². The van der Waals surface area contributed by atoms with Gasteiger partial charge in [0.25, 0.3) is 0 Å². The first-order valence-corrected chi connectivity index (χ1v) is 4.25. The molecule has 1 heterocycles. The van der Waals surface area contributed by atoms with Crippen LogP contribution in [0.15, 0.2) is 11.4 Å². The molecule has 0 unspecified atom stereocenters. The molecule has 0 atom stereocenters. The zero-order valence-electron chi connectivity index (χ0n) is 6.48. The molecule has 13 heavy (non-hydrogen) atoms. The first-order chi connectivity index (χ1) is 6.15. The molecule has 0 spiro atoms. The highest BCUT2D eigenvalue weighted by Gasteiger charge is 2.15. The maximum Gasteiger partial charge on any atom is 0.311 e. The molecular weight excluding hydrogens is 190 g/mol. The number of hydrogen-bond acceptors (Lipinski definition) is 4. The van der Waals surface area contributed by atoms with E-state index in [1.54, 1.807) is 5.38 Å². The van der Waals surface area contributed by atoms with Crippen molar-refractivity contribution in [3.63, 3.8) is 0 Å². The molecule has 0 fully saturated rings. The molecule has 1 aromatic rings. The summed E-state index contributed by atoms with van der Waals surface area (Å²) in [5.74, 6) is -1.69. The average Bonchev–Trinajstić information content (AvgIpc) is 2.49. The van der Waals surface area contributed by atoms with E-state index in [2.05, 4.69) is 0 Å². The topological polar surface area (TPSA) is 78.2 Å². The first kappa shape index (κ1) is 9.42. The van der Waals surface area contributed by atoms with E-state index in [4.69, 9.17) is 10.4 Å². The maximum atomic E-state index is 11.2. The third-order valence-electron chi connectivity index (χ3n) is 1.35. The fourth-order valence-corrected chi connectivity index (χ4v) is 1.62. The van der Waals surface area contributed by atoms with Crippen molar-refractivity contribution in [3.8, 4) is 6.07 Å². The monoisotopic (exact) mass is 195 g/mol. The molecule has 0 amide bonds. The minimum atomic E-state index is -1.18. The van der Waals surface area contributed by atoms with Crippen LogP contribution in [0.4, 0.5) is 0 Å². The van der Waals surface area contributed by atoms with Gasteiger partial charge in [0.2, 0.25) is 0 Å². The second kappa shape index (κ2) is 3.83. The molecule has 0 radical (unpaired) electrons. The van der Waals surface area contributed by atoms with Crippen molar-refractivity contribution >= 4 is 23.1 Å². The molecule has 5 heteroatoms. The molecule has 0 aliphatic heterocycles. The number of carboxylic acid groups (broad SMARTS) is 1. The molecule has 66 valence electrons. The van der Waals surface area contributed by atoms with Gasteiger partial charge in [-0.25, -0.2) is 0 Å². The van der Waals surface area contributed by atoms with Gasteiger partial charge in [0.05, 0.1) is 10.4 Å². The van der Waals surface area contributed by atoms with Crippen LogP contribution in [-0.2, 0) is 4.79 Å². The van der Waals surface area contributed by atoms with Gasteiger partial charge in [0.15, 0.2) is 5.78 Å². The quantitative estimate of drug-likeness (QED) is 0.582. The van der Waals surface area contributed by atoms with Gasteiger partial charge in [-0.05, 0) is 11.4 Å². The van der Waals surface area contributed by atoms with Crippen molar-refractivity contribution < 1.29 is 14.7 Å². The summed E-state index contributed by atoms with van der Waals surface area (Å²) in [5, 5.41) is 18.5. The summed E-state index contributed by atoms with van der Waals surface area (Å²) in [7, 11) is 0. The summed E-state index contributed by atoms with van der Waals surface area (Å²) >= 11 is 1.09. The molecule has 0 saturated heterocycles. The van der Waals surface area contributed by atoms with Gasteiger partial charge in [0, 0.05) is 0 Å². The average molecular weight is 195 g/mol. The normalized spacial score (nSPS) is 9.15. The smallest absolute Gasteiger partial charge is 0.311 e. The van der Waals surface area contributed by atoms with Crippen molar-refractivity contribution in [2.24, 2.45) is 0 Å². The van der Waals surface area contributed by atoms with Crippen LogP contribution in [0.3, 0.4) is 0 Å². The lowest BCUT2D eigenvalue weighted by Crippen LogP contribution is -2.06. The number of rotatable bonds is 3. The lowest BCUT2D eigenvalue weighted by Gasteiger charge is -1.92. The van der Waals surface area contributed by atoms with E-state index in [9.17, 15) is 9.59 Å². The minimum absolute atomic E-state index is 0.227. The van der Waals surface area contributed by atoms with Crippen LogP contribution in [0.2, 0.25) is 0 Å². The summed E-state index contributed by atoms with van der Waals surface area (Å²) in [6.45, 7) is 0. The third kappa shape index (κ3) is 2.13. The van der Waals surface area contributed by atoms with E-state index >= 15 is 0 Å². The van der Waals surface area contributed by atoms with Crippen LogP contribution >= 0.6 is 11.3 Å². The van der Waals surface area contributed by atoms with Crippen LogP contribution < -0.4 is 0 Å². The van der Waals surface area contributed by atoms with Crippen molar-refractivity contribution in [2.45, 2.75) is 6.42 Å². The fraction of sp³-hybridized carbons (Fsp3) is 0.125. The Morgan fingerprint density at radius 1 is 1.62 bits per heavy atom. The zero-order chi connectivity index (χ0) is 9.84. The lowest BCUT2D eigenvalue weighted by molar-refractivity contribution is -0.135. The number of carbonyl (C=O) groups excluding carboxylic acids is 1. The molecule has 1 rings (SSSR count). The highest BCUT2D eigenvalue weighted by Crippen LogP contribution is 2.17. The zero-order valence-corrected chi connectivity index (χ0v) is 7.30. The number of nitrogens with zero attached hydrogens (tertiary/aromatic N) is 1. The highest BCUT2D eigenvalue weighted by atomic mass is 32.1. The largest absolute Gasteiger partial charge is 0.481 e. The van der Waals surface area contributed by atoms with Gasteiger partial charge in [-0.3, -0.25) is 9.59 Å². The standard InChI is InChI=1S/C8H5NO3S/c9-4-5-1-2-13-8(5)6(10)3-7(11)12/h1-2H,3H2,(H,11,12). The number of ketones is 1. The molecule has 4 nitrogen and oxygen atoms in total. The van der Waals surface area contributed by atoms with Crippen LogP contribution in [0.1, 0.15) is 21.7 Å². The van der Waals surface area contributed by atoms with Crippen molar-refractivity contribution in [1.29, 1.82) is 5.26 Å². The first-order valence-electron chi connectivity index (χ1n) is 3.37. The van der Waals surface area contributed by atoms with Gasteiger partial charge >= 0.3 is 5.97 Å². The Bertz CT molecular complexity index is 388. The van der Waals surface area contributed by atoms with Crippen molar-refractivity contribution in [1.82, 2.24) is 0 Å². The molecule has 1 aromatic heterocycles. The predicted octanol–water partition coefficient (Wildman–Crippen LogP) is 1.28. The number of nitriles is 1. The van der Waals surface area contributed by atoms with Gasteiger partial charge in [-0.15, -0.1) is 11.3 Å². The summed E-state index contributed by atoms with van der Waals surface area (Å²) < 4.78 is 0. The van der Waals surface area contributed by atoms with E-state index in [1.807, 2.05) is 6.07 Å². The number of hydrogen-bond donors (Lipinski definition) is 1. The number of thiophene rings is 1. The second-order valence-electron chi connectivity index (χ2n) is 2.27. The van der Waals surface area contributed by atoms with Gasteiger partial charge in [0.1, 0.15) is 12.5 Å². The van der Waals surface area contributed by atoms with Gasteiger partial charge < -0.3 is 5.11 Å².